The Morgan fingerprint density at radius 1 is 0.607 bits per heavy atom. The number of rotatable bonds is 7. The van der Waals surface area contributed by atoms with E-state index >= 15 is 0 Å². The van der Waals surface area contributed by atoms with Gasteiger partial charge in [0.25, 0.3) is 0 Å². The maximum atomic E-state index is 13.0. The van der Waals surface area contributed by atoms with Crippen LogP contribution in [0.15, 0.2) is 91.0 Å². The molecule has 0 bridgehead atoms. The van der Waals surface area contributed by atoms with Crippen molar-refractivity contribution < 1.29 is 9.59 Å². The summed E-state index contributed by atoms with van der Waals surface area (Å²) in [5.74, 6) is 0.164. The van der Waals surface area contributed by atoms with Gasteiger partial charge in [-0.1, -0.05) is 91.0 Å². The summed E-state index contributed by atoms with van der Waals surface area (Å²) in [6.07, 6.45) is 0.861. The highest BCUT2D eigenvalue weighted by Crippen LogP contribution is 2.47. The van der Waals surface area contributed by atoms with Crippen molar-refractivity contribution in [2.45, 2.75) is 26.7 Å². The molecule has 3 aromatic carbocycles. The Balaban J connectivity index is 2.52. The zero-order chi connectivity index (χ0) is 20.0. The maximum Gasteiger partial charge on any atom is 0.156 e. The van der Waals surface area contributed by atoms with Crippen LogP contribution in [0, 0.1) is 0 Å². The minimum atomic E-state index is -2.36. The van der Waals surface area contributed by atoms with E-state index in [0.29, 0.717) is 12.8 Å². The van der Waals surface area contributed by atoms with Crippen molar-refractivity contribution in [2.75, 3.05) is 0 Å². The van der Waals surface area contributed by atoms with E-state index in [9.17, 15) is 9.59 Å². The third kappa shape index (κ3) is 3.93. The third-order valence-corrected chi connectivity index (χ3v) is 9.52. The van der Waals surface area contributed by atoms with E-state index in [-0.39, 0.29) is 11.6 Å². The van der Waals surface area contributed by atoms with Crippen molar-refractivity contribution >= 4 is 39.7 Å². The quantitative estimate of drug-likeness (QED) is 0.571. The second-order valence-corrected chi connectivity index (χ2v) is 10.3. The van der Waals surface area contributed by atoms with E-state index in [1.165, 1.54) is 0 Å². The fraction of sp³-hybridized carbons (Fsp3) is 0.160. The topological polar surface area (TPSA) is 34.1 Å². The van der Waals surface area contributed by atoms with E-state index in [1.807, 2.05) is 54.6 Å². The Hall–Kier alpha value is -2.70. The summed E-state index contributed by atoms with van der Waals surface area (Å²) in [6.45, 7) is 0.866. The second-order valence-electron chi connectivity index (χ2n) is 6.88. The summed E-state index contributed by atoms with van der Waals surface area (Å²) in [5.41, 5.74) is 0. The highest BCUT2D eigenvalue weighted by molar-refractivity contribution is 7.96. The lowest BCUT2D eigenvalue weighted by molar-refractivity contribution is -0.116. The molecule has 0 atom stereocenters. The highest BCUT2D eigenvalue weighted by Gasteiger charge is 2.31. The zero-order valence-electron chi connectivity index (χ0n) is 16.3. The predicted octanol–water partition coefficient (Wildman–Crippen LogP) is 4.11. The largest absolute Gasteiger partial charge is 0.300 e. The van der Waals surface area contributed by atoms with Crippen LogP contribution < -0.4 is 15.9 Å². The summed E-state index contributed by atoms with van der Waals surface area (Å²) < 4.78 is 0. The number of hydrogen-bond donors (Lipinski definition) is 0. The maximum absolute atomic E-state index is 13.0. The van der Waals surface area contributed by atoms with E-state index in [4.69, 9.17) is 0 Å². The summed E-state index contributed by atoms with van der Waals surface area (Å²) in [4.78, 5) is 24.8. The molecule has 0 unspecified atom stereocenters. The lowest BCUT2D eigenvalue weighted by Crippen LogP contribution is -2.33. The zero-order valence-corrected chi connectivity index (χ0v) is 17.2. The molecular formula is C25H25O2P. The molecule has 0 aromatic heterocycles. The summed E-state index contributed by atoms with van der Waals surface area (Å²) >= 11 is 0. The molecule has 0 aliphatic heterocycles. The molecule has 0 spiro atoms. The lowest BCUT2D eigenvalue weighted by atomic mass is 10.1. The molecule has 0 heterocycles. The Morgan fingerprint density at radius 2 is 0.964 bits per heavy atom. The van der Waals surface area contributed by atoms with Crippen molar-refractivity contribution in [1.29, 1.82) is 0 Å². The van der Waals surface area contributed by atoms with E-state index in [2.05, 4.69) is 36.4 Å². The van der Waals surface area contributed by atoms with Crippen LogP contribution in [0.5, 0.6) is 0 Å². The fourth-order valence-corrected chi connectivity index (χ4v) is 8.35. The van der Waals surface area contributed by atoms with Crippen LogP contribution in [-0.4, -0.2) is 16.9 Å². The Morgan fingerprint density at radius 3 is 1.25 bits per heavy atom. The molecule has 142 valence electrons. The number of carbonyl (C=O) groups is 2. The first-order chi connectivity index (χ1) is 13.6. The lowest BCUT2D eigenvalue weighted by Gasteiger charge is -2.32. The molecule has 0 N–H and O–H groups in total. The Kier molecular flexibility index (Phi) is 6.44. The number of Topliss-reactive ketones (excluding diaryl/α,β-unsaturated/α-hetero) is 2. The molecule has 0 saturated carbocycles. The van der Waals surface area contributed by atoms with Crippen molar-refractivity contribution in [2.24, 2.45) is 0 Å². The molecule has 3 rings (SSSR count). The van der Waals surface area contributed by atoms with Gasteiger partial charge in [0.2, 0.25) is 0 Å². The molecule has 3 aromatic rings. The van der Waals surface area contributed by atoms with Crippen LogP contribution in [0.1, 0.15) is 26.7 Å². The number of carbonyl (C=O) groups excluding carboxylic acids is 2. The SMILES string of the molecule is CC(=O)CCC(C(C)=O)=P(c1ccccc1)(c1ccccc1)c1ccccc1. The molecule has 2 nitrogen and oxygen atoms in total. The standard InChI is InChI=1S/C25H25O2P/c1-20(26)18-19-25(21(2)27)28(22-12-6-3-7-13-22,23-14-8-4-9-15-23)24-16-10-5-11-17-24/h3-17H,18-19H2,1-2H3. The van der Waals surface area contributed by atoms with Crippen LogP contribution in [-0.2, 0) is 9.59 Å². The van der Waals surface area contributed by atoms with Crippen LogP contribution in [0.25, 0.3) is 0 Å². The minimum Gasteiger partial charge on any atom is -0.300 e. The third-order valence-electron chi connectivity index (χ3n) is 4.96. The summed E-state index contributed by atoms with van der Waals surface area (Å²) in [5, 5.41) is 4.27. The first kappa shape index (κ1) is 20.0. The van der Waals surface area contributed by atoms with Gasteiger partial charge in [-0.15, -0.1) is 0 Å². The van der Waals surface area contributed by atoms with E-state index < -0.39 is 6.89 Å². The molecule has 28 heavy (non-hydrogen) atoms. The van der Waals surface area contributed by atoms with Crippen molar-refractivity contribution in [3.05, 3.63) is 91.0 Å². The van der Waals surface area contributed by atoms with Gasteiger partial charge in [0.1, 0.15) is 5.78 Å². The molecule has 0 fully saturated rings. The number of benzene rings is 3. The first-order valence-corrected chi connectivity index (χ1v) is 11.3. The minimum absolute atomic E-state index is 0.0612. The van der Waals surface area contributed by atoms with Crippen LogP contribution in [0.3, 0.4) is 0 Å². The molecule has 3 heteroatoms. The van der Waals surface area contributed by atoms with Crippen molar-refractivity contribution in [3.8, 4) is 0 Å². The molecule has 0 saturated heterocycles. The van der Waals surface area contributed by atoms with Gasteiger partial charge in [-0.05, 0) is 43.1 Å². The van der Waals surface area contributed by atoms with Crippen molar-refractivity contribution in [3.63, 3.8) is 0 Å². The monoisotopic (exact) mass is 388 g/mol. The molecular weight excluding hydrogens is 363 g/mol. The van der Waals surface area contributed by atoms with Gasteiger partial charge >= 0.3 is 0 Å². The number of hydrogen-bond acceptors (Lipinski definition) is 2. The van der Waals surface area contributed by atoms with Crippen LogP contribution in [0.2, 0.25) is 0 Å². The van der Waals surface area contributed by atoms with E-state index in [0.717, 1.165) is 21.2 Å². The average molecular weight is 388 g/mol. The van der Waals surface area contributed by atoms with Crippen LogP contribution in [0.4, 0.5) is 0 Å². The fourth-order valence-electron chi connectivity index (χ4n) is 3.74. The van der Waals surface area contributed by atoms with Gasteiger partial charge in [0.05, 0.1) is 0 Å². The molecule has 0 aliphatic rings. The molecule has 0 amide bonds. The smallest absolute Gasteiger partial charge is 0.156 e. The summed E-state index contributed by atoms with van der Waals surface area (Å²) in [7, 11) is 0. The van der Waals surface area contributed by atoms with Gasteiger partial charge < -0.3 is 4.79 Å². The predicted molar refractivity (Wildman–Crippen MR) is 121 cm³/mol. The average Bonchev–Trinajstić information content (AvgIpc) is 2.72. The Bertz CT molecular complexity index is 903. The normalized spacial score (nSPS) is 11.1. The van der Waals surface area contributed by atoms with Gasteiger partial charge in [-0.25, -0.2) is 0 Å². The Labute approximate surface area is 167 Å². The first-order valence-electron chi connectivity index (χ1n) is 9.49. The van der Waals surface area contributed by atoms with E-state index in [1.54, 1.807) is 13.8 Å². The second kappa shape index (κ2) is 8.99. The van der Waals surface area contributed by atoms with Gasteiger partial charge in [-0.3, -0.25) is 4.79 Å². The van der Waals surface area contributed by atoms with Gasteiger partial charge in [0.15, 0.2) is 5.78 Å². The number of ketones is 2. The molecule has 0 radical (unpaired) electrons. The van der Waals surface area contributed by atoms with Gasteiger partial charge in [0, 0.05) is 11.7 Å². The van der Waals surface area contributed by atoms with Gasteiger partial charge in [-0.2, -0.15) is 0 Å². The van der Waals surface area contributed by atoms with Crippen LogP contribution >= 0.6 is 6.89 Å². The molecule has 0 aliphatic carbocycles. The van der Waals surface area contributed by atoms with Crippen molar-refractivity contribution in [1.82, 2.24) is 0 Å². The summed E-state index contributed by atoms with van der Waals surface area (Å²) in [6, 6.07) is 30.8. The highest BCUT2D eigenvalue weighted by atomic mass is 31.2.